The molecule has 0 saturated heterocycles. The quantitative estimate of drug-likeness (QED) is 0.586. The van der Waals surface area contributed by atoms with Gasteiger partial charge in [-0.1, -0.05) is 11.6 Å². The molecule has 1 rings (SSSR count). The van der Waals surface area contributed by atoms with E-state index in [1.54, 1.807) is 20.0 Å². The molecule has 1 aromatic rings. The average Bonchev–Trinajstić information content (AvgIpc) is 2.17. The zero-order valence-corrected chi connectivity index (χ0v) is 13.8. The average molecular weight is 433 g/mol. The Labute approximate surface area is 127 Å². The third-order valence-electron chi connectivity index (χ3n) is 1.98. The summed E-state index contributed by atoms with van der Waals surface area (Å²) in [6.45, 7) is 3.58. The van der Waals surface area contributed by atoms with E-state index in [1.807, 2.05) is 0 Å². The van der Waals surface area contributed by atoms with E-state index in [2.05, 4.69) is 43.5 Å². The summed E-state index contributed by atoms with van der Waals surface area (Å²) in [6.07, 6.45) is 1.39. The first-order chi connectivity index (χ1) is 7.73. The number of hydrogen-bond acceptors (Lipinski definition) is 3. The van der Waals surface area contributed by atoms with E-state index >= 15 is 0 Å². The number of primary amides is 1. The van der Waals surface area contributed by atoms with Gasteiger partial charge in [-0.2, -0.15) is 0 Å². The Morgan fingerprint density at radius 2 is 2.29 bits per heavy atom. The standard InChI is InChI=1S/C10H11BrClIN2O2/c1-10(2,17-9(14)16)3-5-4-15-8(12)6(11)7(5)13/h4H,3H2,1-2H3,(H2,14,16). The number of nitrogens with two attached hydrogens (primary N) is 1. The van der Waals surface area contributed by atoms with Gasteiger partial charge < -0.3 is 10.5 Å². The molecule has 94 valence electrons. The second kappa shape index (κ2) is 5.71. The monoisotopic (exact) mass is 432 g/mol. The fraction of sp³-hybridized carbons (Fsp3) is 0.400. The lowest BCUT2D eigenvalue weighted by molar-refractivity contribution is 0.0458. The zero-order valence-electron chi connectivity index (χ0n) is 9.26. The molecule has 17 heavy (non-hydrogen) atoms. The van der Waals surface area contributed by atoms with Crippen molar-refractivity contribution in [2.24, 2.45) is 5.73 Å². The lowest BCUT2D eigenvalue weighted by Gasteiger charge is -2.24. The summed E-state index contributed by atoms with van der Waals surface area (Å²) in [7, 11) is 0. The number of ether oxygens (including phenoxy) is 1. The molecule has 0 fully saturated rings. The van der Waals surface area contributed by atoms with Crippen LogP contribution in [0.5, 0.6) is 0 Å². The number of halogens is 3. The number of rotatable bonds is 3. The molecule has 1 aromatic heterocycles. The lowest BCUT2D eigenvalue weighted by Crippen LogP contribution is -2.33. The summed E-state index contributed by atoms with van der Waals surface area (Å²) in [5.41, 5.74) is 5.27. The van der Waals surface area contributed by atoms with Crippen LogP contribution in [0, 0.1) is 3.57 Å². The van der Waals surface area contributed by atoms with Gasteiger partial charge in [0.1, 0.15) is 10.8 Å². The molecule has 0 aliphatic heterocycles. The first kappa shape index (κ1) is 15.0. The summed E-state index contributed by atoms with van der Waals surface area (Å²) >= 11 is 11.4. The largest absolute Gasteiger partial charge is 0.443 e. The number of pyridine rings is 1. The first-order valence-corrected chi connectivity index (χ1v) is 6.95. The molecule has 0 atom stereocenters. The number of carbonyl (C=O) groups excluding carboxylic acids is 1. The minimum atomic E-state index is -0.786. The van der Waals surface area contributed by atoms with Crippen LogP contribution in [-0.4, -0.2) is 16.7 Å². The van der Waals surface area contributed by atoms with Crippen molar-refractivity contribution < 1.29 is 9.53 Å². The van der Waals surface area contributed by atoms with Gasteiger partial charge in [0.05, 0.1) is 4.47 Å². The Balaban J connectivity index is 2.96. The van der Waals surface area contributed by atoms with E-state index < -0.39 is 11.7 Å². The van der Waals surface area contributed by atoms with Crippen molar-refractivity contribution >= 4 is 56.2 Å². The maximum atomic E-state index is 10.8. The molecule has 0 bridgehead atoms. The molecule has 7 heteroatoms. The third kappa shape index (κ3) is 4.26. The third-order valence-corrected chi connectivity index (χ3v) is 5.24. The number of aromatic nitrogens is 1. The highest BCUT2D eigenvalue weighted by Gasteiger charge is 2.24. The highest BCUT2D eigenvalue weighted by Crippen LogP contribution is 2.30. The van der Waals surface area contributed by atoms with Gasteiger partial charge in [0.15, 0.2) is 0 Å². The SMILES string of the molecule is CC(C)(Cc1cnc(Cl)c(Br)c1I)OC(N)=O. The molecule has 0 spiro atoms. The molecule has 0 saturated carbocycles. The predicted octanol–water partition coefficient (Wildman–Crippen LogP) is 3.52. The summed E-state index contributed by atoms with van der Waals surface area (Å²) < 4.78 is 6.72. The topological polar surface area (TPSA) is 65.2 Å². The van der Waals surface area contributed by atoms with Crippen LogP contribution in [0.1, 0.15) is 19.4 Å². The van der Waals surface area contributed by atoms with Crippen LogP contribution in [0.15, 0.2) is 10.7 Å². The number of carbonyl (C=O) groups is 1. The number of hydrogen-bond donors (Lipinski definition) is 1. The Hall–Kier alpha value is -0.0800. The molecule has 0 unspecified atom stereocenters. The van der Waals surface area contributed by atoms with Crippen molar-refractivity contribution in [3.8, 4) is 0 Å². The van der Waals surface area contributed by atoms with E-state index in [1.165, 1.54) is 0 Å². The van der Waals surface area contributed by atoms with E-state index in [0.29, 0.717) is 11.6 Å². The normalized spacial score (nSPS) is 11.4. The predicted molar refractivity (Wildman–Crippen MR) is 78.1 cm³/mol. The Bertz CT molecular complexity index is 454. The van der Waals surface area contributed by atoms with Gasteiger partial charge in [-0.15, -0.1) is 0 Å². The number of amides is 1. The smallest absolute Gasteiger partial charge is 0.405 e. The maximum absolute atomic E-state index is 10.8. The van der Waals surface area contributed by atoms with Crippen molar-refractivity contribution in [3.63, 3.8) is 0 Å². The van der Waals surface area contributed by atoms with Gasteiger partial charge in [-0.25, -0.2) is 9.78 Å². The Morgan fingerprint density at radius 3 is 2.82 bits per heavy atom. The second-order valence-corrected chi connectivity index (χ2v) is 6.29. The van der Waals surface area contributed by atoms with Crippen molar-refractivity contribution in [1.29, 1.82) is 0 Å². The summed E-state index contributed by atoms with van der Waals surface area (Å²) in [6, 6.07) is 0. The second-order valence-electron chi connectivity index (χ2n) is 4.06. The van der Waals surface area contributed by atoms with Gasteiger partial charge in [-0.05, 0) is 57.9 Å². The van der Waals surface area contributed by atoms with Gasteiger partial charge >= 0.3 is 6.09 Å². The molecule has 1 heterocycles. The molecule has 0 aliphatic rings. The minimum Gasteiger partial charge on any atom is -0.443 e. The van der Waals surface area contributed by atoms with E-state index in [9.17, 15) is 4.79 Å². The number of nitrogens with zero attached hydrogens (tertiary/aromatic N) is 1. The van der Waals surface area contributed by atoms with Crippen LogP contribution in [-0.2, 0) is 11.2 Å². The Morgan fingerprint density at radius 1 is 1.71 bits per heavy atom. The van der Waals surface area contributed by atoms with Crippen LogP contribution < -0.4 is 5.73 Å². The zero-order chi connectivity index (χ0) is 13.2. The maximum Gasteiger partial charge on any atom is 0.405 e. The van der Waals surface area contributed by atoms with E-state index in [-0.39, 0.29) is 0 Å². The molecule has 1 amide bonds. The van der Waals surface area contributed by atoms with Gasteiger partial charge in [0.25, 0.3) is 0 Å². The van der Waals surface area contributed by atoms with Gasteiger partial charge in [0, 0.05) is 16.2 Å². The van der Waals surface area contributed by atoms with Crippen molar-refractivity contribution in [1.82, 2.24) is 4.98 Å². The summed E-state index contributed by atoms with van der Waals surface area (Å²) in [4.78, 5) is 14.8. The lowest BCUT2D eigenvalue weighted by atomic mass is 10.00. The van der Waals surface area contributed by atoms with Gasteiger partial charge in [-0.3, -0.25) is 0 Å². The highest BCUT2D eigenvalue weighted by atomic mass is 127. The van der Waals surface area contributed by atoms with Crippen molar-refractivity contribution in [2.45, 2.75) is 25.9 Å². The minimum absolute atomic E-state index is 0.409. The fourth-order valence-corrected chi connectivity index (χ4v) is 2.61. The Kier molecular flexibility index (Phi) is 5.03. The van der Waals surface area contributed by atoms with E-state index in [4.69, 9.17) is 22.1 Å². The fourth-order valence-electron chi connectivity index (χ4n) is 1.37. The molecule has 4 nitrogen and oxygen atoms in total. The molecule has 2 N–H and O–H groups in total. The van der Waals surface area contributed by atoms with E-state index in [0.717, 1.165) is 13.6 Å². The van der Waals surface area contributed by atoms with Crippen molar-refractivity contribution in [3.05, 3.63) is 25.0 Å². The molecular formula is C10H11BrClIN2O2. The van der Waals surface area contributed by atoms with Crippen LogP contribution >= 0.6 is 50.1 Å². The molecule has 0 aromatic carbocycles. The van der Waals surface area contributed by atoms with Crippen molar-refractivity contribution in [2.75, 3.05) is 0 Å². The van der Waals surface area contributed by atoms with Crippen LogP contribution in [0.25, 0.3) is 0 Å². The first-order valence-electron chi connectivity index (χ1n) is 4.70. The molecule has 0 aliphatic carbocycles. The molecular weight excluding hydrogens is 422 g/mol. The van der Waals surface area contributed by atoms with Crippen LogP contribution in [0.3, 0.4) is 0 Å². The summed E-state index contributed by atoms with van der Waals surface area (Å²) in [5.74, 6) is 0. The highest BCUT2D eigenvalue weighted by molar-refractivity contribution is 14.1. The van der Waals surface area contributed by atoms with Crippen LogP contribution in [0.4, 0.5) is 4.79 Å². The van der Waals surface area contributed by atoms with Gasteiger partial charge in [0.2, 0.25) is 0 Å². The molecule has 0 radical (unpaired) electrons. The summed E-state index contributed by atoms with van der Waals surface area (Å²) in [5, 5.41) is 0.409. The van der Waals surface area contributed by atoms with Crippen LogP contribution in [0.2, 0.25) is 5.15 Å².